The van der Waals surface area contributed by atoms with Crippen LogP contribution in [0.1, 0.15) is 12.0 Å². The number of benzene rings is 2. The maximum Gasteiger partial charge on any atom is 0.309 e. The summed E-state index contributed by atoms with van der Waals surface area (Å²) in [6.45, 7) is -0.0924. The van der Waals surface area contributed by atoms with Gasteiger partial charge in [0.1, 0.15) is 28.5 Å². The van der Waals surface area contributed by atoms with Crippen LogP contribution < -0.4 is 15.4 Å². The first-order valence-electron chi connectivity index (χ1n) is 10.00. The van der Waals surface area contributed by atoms with Gasteiger partial charge in [0, 0.05) is 13.1 Å². The molecule has 2 N–H and O–H groups in total. The molecule has 0 aromatic heterocycles. The molecule has 1 heterocycles. The van der Waals surface area contributed by atoms with E-state index in [0.29, 0.717) is 18.2 Å². The van der Waals surface area contributed by atoms with Crippen LogP contribution in [-0.4, -0.2) is 57.6 Å². The van der Waals surface area contributed by atoms with Crippen LogP contribution in [0.5, 0.6) is 5.75 Å². The largest absolute Gasteiger partial charge is 0.497 e. The third-order valence-electron chi connectivity index (χ3n) is 4.89. The topological polar surface area (TPSA) is 114 Å². The van der Waals surface area contributed by atoms with Gasteiger partial charge in [0.2, 0.25) is 10.0 Å². The van der Waals surface area contributed by atoms with E-state index in [2.05, 4.69) is 10.6 Å². The normalized spacial score (nSPS) is 16.8. The van der Waals surface area contributed by atoms with Crippen molar-refractivity contribution >= 4 is 21.8 Å². The Morgan fingerprint density at radius 3 is 2.52 bits per heavy atom. The molecular weight excluding hydrogens is 460 g/mol. The highest BCUT2D eigenvalue weighted by molar-refractivity contribution is 7.89. The maximum atomic E-state index is 14.1. The van der Waals surface area contributed by atoms with E-state index >= 15 is 0 Å². The smallest absolute Gasteiger partial charge is 0.309 e. The number of amides is 2. The fraction of sp³-hybridized carbons (Fsp3) is 0.333. The number of ether oxygens (including phenoxy) is 2. The van der Waals surface area contributed by atoms with E-state index in [1.165, 1.54) is 7.11 Å². The van der Waals surface area contributed by atoms with Crippen LogP contribution in [0.2, 0.25) is 0 Å². The van der Waals surface area contributed by atoms with Gasteiger partial charge < -0.3 is 20.1 Å². The van der Waals surface area contributed by atoms with Crippen LogP contribution in [-0.2, 0) is 30.9 Å². The first-order valence-corrected chi connectivity index (χ1v) is 11.4. The average molecular weight is 483 g/mol. The third kappa shape index (κ3) is 6.03. The molecule has 3 rings (SSSR count). The van der Waals surface area contributed by atoms with Crippen molar-refractivity contribution in [3.63, 3.8) is 0 Å². The lowest BCUT2D eigenvalue weighted by Gasteiger charge is -2.34. The molecule has 1 saturated heterocycles. The number of nitrogens with one attached hydrogen (secondary N) is 2. The minimum absolute atomic E-state index is 0.0253. The number of sulfonamides is 1. The molecule has 2 amide bonds. The van der Waals surface area contributed by atoms with Gasteiger partial charge in [0.05, 0.1) is 20.3 Å². The molecule has 178 valence electrons. The van der Waals surface area contributed by atoms with Crippen LogP contribution >= 0.6 is 0 Å². The number of carbonyl (C=O) groups is 2. The Balaban J connectivity index is 1.60. The van der Waals surface area contributed by atoms with Gasteiger partial charge in [-0.3, -0.25) is 9.59 Å². The van der Waals surface area contributed by atoms with Gasteiger partial charge in [-0.1, -0.05) is 12.1 Å². The molecule has 0 radical (unpaired) electrons. The Morgan fingerprint density at radius 1 is 1.12 bits per heavy atom. The quantitative estimate of drug-likeness (QED) is 0.571. The van der Waals surface area contributed by atoms with Gasteiger partial charge in [-0.05, 0) is 42.3 Å². The van der Waals surface area contributed by atoms with E-state index < -0.39 is 44.6 Å². The molecule has 12 heteroatoms. The zero-order valence-electron chi connectivity index (χ0n) is 17.7. The van der Waals surface area contributed by atoms with Gasteiger partial charge in [-0.25, -0.2) is 17.2 Å². The van der Waals surface area contributed by atoms with Gasteiger partial charge >= 0.3 is 11.8 Å². The molecule has 0 aliphatic carbocycles. The summed E-state index contributed by atoms with van der Waals surface area (Å²) >= 11 is 0. The third-order valence-corrected chi connectivity index (χ3v) is 6.79. The summed E-state index contributed by atoms with van der Waals surface area (Å²) in [5.74, 6) is -3.29. The Labute approximate surface area is 189 Å². The number of halogens is 2. The van der Waals surface area contributed by atoms with Crippen molar-refractivity contribution in [3.05, 3.63) is 59.7 Å². The summed E-state index contributed by atoms with van der Waals surface area (Å²) in [4.78, 5) is 23.4. The summed E-state index contributed by atoms with van der Waals surface area (Å²) in [5, 5.41) is 4.77. The van der Waals surface area contributed by atoms with Gasteiger partial charge in [-0.15, -0.1) is 0 Å². The highest BCUT2D eigenvalue weighted by atomic mass is 32.2. The lowest BCUT2D eigenvalue weighted by atomic mass is 10.2. The zero-order valence-corrected chi connectivity index (χ0v) is 18.5. The summed E-state index contributed by atoms with van der Waals surface area (Å²) in [6, 6.07) is 8.97. The summed E-state index contributed by atoms with van der Waals surface area (Å²) in [7, 11) is -2.93. The van der Waals surface area contributed by atoms with Crippen molar-refractivity contribution in [2.75, 3.05) is 26.8 Å². The molecule has 1 fully saturated rings. The minimum Gasteiger partial charge on any atom is -0.497 e. The fourth-order valence-corrected chi connectivity index (χ4v) is 4.81. The Kier molecular flexibility index (Phi) is 7.95. The summed E-state index contributed by atoms with van der Waals surface area (Å²) in [6.07, 6.45) is -0.868. The van der Waals surface area contributed by atoms with Crippen LogP contribution in [0.3, 0.4) is 0 Å². The number of hydrogen-bond donors (Lipinski definition) is 2. The summed E-state index contributed by atoms with van der Waals surface area (Å²) < 4.78 is 64.7. The van der Waals surface area contributed by atoms with Crippen molar-refractivity contribution < 1.29 is 36.3 Å². The number of nitrogens with zero attached hydrogens (tertiary/aromatic N) is 1. The van der Waals surface area contributed by atoms with E-state index in [0.717, 1.165) is 22.0 Å². The van der Waals surface area contributed by atoms with E-state index in [1.807, 2.05) is 0 Å². The van der Waals surface area contributed by atoms with Crippen LogP contribution in [0.4, 0.5) is 8.78 Å². The first kappa shape index (κ1) is 24.6. The average Bonchev–Trinajstić information content (AvgIpc) is 2.82. The molecule has 2 aromatic rings. The molecule has 2 aromatic carbocycles. The predicted molar refractivity (Wildman–Crippen MR) is 112 cm³/mol. The van der Waals surface area contributed by atoms with Crippen LogP contribution in [0, 0.1) is 11.6 Å². The lowest BCUT2D eigenvalue weighted by Crippen LogP contribution is -2.53. The standard InChI is InChI=1S/C21H23F2N3O6S/c1-31-16-6-3-14(4-7-16)12-24-20(27)21(28)25-13-19-26(9-2-10-32-19)33(29,30)18-11-15(22)5-8-17(18)23/h3-8,11,19H,2,9-10,12-13H2,1H3,(H,24,27)(H,25,28)/t19-/m0/s1. The Hall–Kier alpha value is -3.09. The van der Waals surface area contributed by atoms with Crippen molar-refractivity contribution in [1.29, 1.82) is 0 Å². The number of rotatable bonds is 7. The van der Waals surface area contributed by atoms with E-state index in [9.17, 15) is 26.8 Å². The summed E-state index contributed by atoms with van der Waals surface area (Å²) in [5.41, 5.74) is 0.738. The van der Waals surface area contributed by atoms with Gasteiger partial charge in [0.15, 0.2) is 0 Å². The SMILES string of the molecule is COc1ccc(CNC(=O)C(=O)NC[C@@H]2OCCCN2S(=O)(=O)c2cc(F)ccc2F)cc1. The molecular formula is C21H23F2N3O6S. The van der Waals surface area contributed by atoms with Crippen molar-refractivity contribution in [1.82, 2.24) is 14.9 Å². The molecule has 0 unspecified atom stereocenters. The first-order chi connectivity index (χ1) is 15.7. The second-order valence-electron chi connectivity index (χ2n) is 7.11. The van der Waals surface area contributed by atoms with Crippen molar-refractivity contribution in [2.45, 2.75) is 24.1 Å². The monoisotopic (exact) mass is 483 g/mol. The molecule has 33 heavy (non-hydrogen) atoms. The second kappa shape index (κ2) is 10.7. The predicted octanol–water partition coefficient (Wildman–Crippen LogP) is 1.14. The lowest BCUT2D eigenvalue weighted by molar-refractivity contribution is -0.140. The zero-order chi connectivity index (χ0) is 24.0. The number of carbonyl (C=O) groups excluding carboxylic acids is 2. The number of hydrogen-bond acceptors (Lipinski definition) is 6. The number of methoxy groups -OCH3 is 1. The Morgan fingerprint density at radius 2 is 1.82 bits per heavy atom. The molecule has 0 spiro atoms. The Bertz CT molecular complexity index is 1110. The molecule has 9 nitrogen and oxygen atoms in total. The van der Waals surface area contributed by atoms with Crippen molar-refractivity contribution in [3.8, 4) is 5.75 Å². The van der Waals surface area contributed by atoms with Gasteiger partial charge in [0.25, 0.3) is 0 Å². The minimum atomic E-state index is -4.45. The highest BCUT2D eigenvalue weighted by Crippen LogP contribution is 2.24. The highest BCUT2D eigenvalue weighted by Gasteiger charge is 2.36. The van der Waals surface area contributed by atoms with E-state index in [-0.39, 0.29) is 26.2 Å². The second-order valence-corrected chi connectivity index (χ2v) is 8.97. The molecule has 0 bridgehead atoms. The van der Waals surface area contributed by atoms with E-state index in [4.69, 9.17) is 9.47 Å². The molecule has 0 saturated carbocycles. The molecule has 1 aliphatic heterocycles. The van der Waals surface area contributed by atoms with Crippen LogP contribution in [0.15, 0.2) is 47.4 Å². The van der Waals surface area contributed by atoms with Gasteiger partial charge in [-0.2, -0.15) is 4.31 Å². The molecule has 1 aliphatic rings. The molecule has 1 atom stereocenters. The van der Waals surface area contributed by atoms with E-state index in [1.54, 1.807) is 24.3 Å². The van der Waals surface area contributed by atoms with Crippen LogP contribution in [0.25, 0.3) is 0 Å². The van der Waals surface area contributed by atoms with Crippen molar-refractivity contribution in [2.24, 2.45) is 0 Å². The maximum absolute atomic E-state index is 14.1. The fourth-order valence-electron chi connectivity index (χ4n) is 3.17.